The molecule has 1 aliphatic carbocycles. The zero-order valence-corrected chi connectivity index (χ0v) is 10.7. The quantitative estimate of drug-likeness (QED) is 0.772. The number of nitrogens with zero attached hydrogens (tertiary/aromatic N) is 1. The van der Waals surface area contributed by atoms with Gasteiger partial charge in [0, 0.05) is 12.1 Å². The lowest BCUT2D eigenvalue weighted by molar-refractivity contribution is 0.243. The molecule has 0 aliphatic heterocycles. The van der Waals surface area contributed by atoms with Crippen LogP contribution < -0.4 is 5.73 Å². The Labute approximate surface area is 100 Å². The van der Waals surface area contributed by atoms with Crippen LogP contribution in [0.15, 0.2) is 24.6 Å². The third kappa shape index (κ3) is 4.01. The predicted octanol–water partition coefficient (Wildman–Crippen LogP) is 3.41. The summed E-state index contributed by atoms with van der Waals surface area (Å²) in [4.78, 5) is 2.32. The zero-order valence-electron chi connectivity index (χ0n) is 10.7. The van der Waals surface area contributed by atoms with Crippen LogP contribution in [0.5, 0.6) is 0 Å². The largest absolute Gasteiger partial charge is 0.350 e. The molecule has 16 heavy (non-hydrogen) atoms. The van der Waals surface area contributed by atoms with Crippen molar-refractivity contribution in [1.82, 2.24) is 4.90 Å². The minimum Gasteiger partial charge on any atom is -0.350 e. The average Bonchev–Trinajstić information content (AvgIpc) is 2.31. The molecule has 1 saturated carbocycles. The van der Waals surface area contributed by atoms with Crippen molar-refractivity contribution in [2.45, 2.75) is 64.5 Å². The highest BCUT2D eigenvalue weighted by molar-refractivity contribution is 4.99. The minimum absolute atomic E-state index is 0.330. The monoisotopic (exact) mass is 222 g/mol. The van der Waals surface area contributed by atoms with Gasteiger partial charge in [-0.2, -0.15) is 0 Å². The van der Waals surface area contributed by atoms with Gasteiger partial charge in [0.2, 0.25) is 0 Å². The topological polar surface area (TPSA) is 29.3 Å². The molecule has 0 spiro atoms. The van der Waals surface area contributed by atoms with Gasteiger partial charge in [0.05, 0.1) is 0 Å². The minimum atomic E-state index is 0.330. The summed E-state index contributed by atoms with van der Waals surface area (Å²) < 4.78 is 0. The first kappa shape index (κ1) is 13.3. The summed E-state index contributed by atoms with van der Waals surface area (Å²) in [5.74, 6) is 0. The Hall–Kier alpha value is -0.760. The molecule has 0 saturated heterocycles. The summed E-state index contributed by atoms with van der Waals surface area (Å²) >= 11 is 0. The molecule has 0 aromatic carbocycles. The molecule has 1 rings (SSSR count). The molecule has 2 heteroatoms. The lowest BCUT2D eigenvalue weighted by Crippen LogP contribution is -2.45. The second-order valence-electron chi connectivity index (χ2n) is 4.55. The van der Waals surface area contributed by atoms with Gasteiger partial charge in [-0.15, -0.1) is 0 Å². The molecule has 2 nitrogen and oxygen atoms in total. The number of allylic oxidation sites excluding steroid dienone is 2. The molecule has 1 aliphatic rings. The van der Waals surface area contributed by atoms with Gasteiger partial charge in [-0.25, -0.2) is 0 Å². The summed E-state index contributed by atoms with van der Waals surface area (Å²) in [7, 11) is 0. The molecule has 92 valence electrons. The maximum atomic E-state index is 6.21. The van der Waals surface area contributed by atoms with Crippen molar-refractivity contribution in [3.8, 4) is 0 Å². The lowest BCUT2D eigenvalue weighted by atomic mass is 9.90. The van der Waals surface area contributed by atoms with Crippen LogP contribution in [-0.4, -0.2) is 17.0 Å². The number of hydrogen-bond acceptors (Lipinski definition) is 2. The van der Waals surface area contributed by atoms with Gasteiger partial charge >= 0.3 is 0 Å². The van der Waals surface area contributed by atoms with Crippen molar-refractivity contribution in [1.29, 1.82) is 0 Å². The fourth-order valence-corrected chi connectivity index (χ4v) is 2.24. The van der Waals surface area contributed by atoms with Crippen molar-refractivity contribution < 1.29 is 0 Å². The Morgan fingerprint density at radius 1 is 1.06 bits per heavy atom. The lowest BCUT2D eigenvalue weighted by Gasteiger charge is -2.35. The molecule has 0 amide bonds. The molecule has 0 aromatic heterocycles. The van der Waals surface area contributed by atoms with Crippen LogP contribution in [0.2, 0.25) is 0 Å². The van der Waals surface area contributed by atoms with Crippen LogP contribution in [-0.2, 0) is 0 Å². The second-order valence-corrected chi connectivity index (χ2v) is 4.55. The van der Waals surface area contributed by atoms with Crippen LogP contribution >= 0.6 is 0 Å². The summed E-state index contributed by atoms with van der Waals surface area (Å²) in [5, 5.41) is 0. The molecule has 2 atom stereocenters. The summed E-state index contributed by atoms with van der Waals surface area (Å²) in [6, 6.07) is 0.830. The van der Waals surface area contributed by atoms with Crippen molar-refractivity contribution >= 4 is 0 Å². The van der Waals surface area contributed by atoms with E-state index in [1.807, 2.05) is 0 Å². The Morgan fingerprint density at radius 3 is 2.12 bits per heavy atom. The maximum absolute atomic E-state index is 6.21. The Balaban J connectivity index is 2.65. The standard InChI is InChI=1S/C14H26N2/c1-3-5-11-16(12-6-4-2)14-10-8-7-9-13(14)15/h5-6,11-14H,3-4,7-10,15H2,1-2H3/b11-5+,12-6+. The van der Waals surface area contributed by atoms with E-state index in [1.165, 1.54) is 25.7 Å². The van der Waals surface area contributed by atoms with E-state index in [2.05, 4.69) is 43.3 Å². The molecule has 0 radical (unpaired) electrons. The van der Waals surface area contributed by atoms with Gasteiger partial charge in [-0.1, -0.05) is 38.8 Å². The van der Waals surface area contributed by atoms with Crippen LogP contribution in [0.4, 0.5) is 0 Å². The molecule has 0 aromatic rings. The summed E-state index contributed by atoms with van der Waals surface area (Å²) in [6.45, 7) is 4.33. The predicted molar refractivity (Wildman–Crippen MR) is 70.9 cm³/mol. The van der Waals surface area contributed by atoms with Gasteiger partial charge in [-0.3, -0.25) is 0 Å². The van der Waals surface area contributed by atoms with Gasteiger partial charge in [0.1, 0.15) is 0 Å². The molecule has 2 unspecified atom stereocenters. The molecule has 2 N–H and O–H groups in total. The summed E-state index contributed by atoms with van der Waals surface area (Å²) in [6.07, 6.45) is 16.0. The SMILES string of the molecule is CC/C=C/N(/C=C/CC)C1CCCCC1N. The smallest absolute Gasteiger partial charge is 0.0481 e. The van der Waals surface area contributed by atoms with E-state index < -0.39 is 0 Å². The van der Waals surface area contributed by atoms with E-state index in [1.54, 1.807) is 0 Å². The third-order valence-corrected chi connectivity index (χ3v) is 3.19. The van der Waals surface area contributed by atoms with Crippen molar-refractivity contribution in [3.63, 3.8) is 0 Å². The maximum Gasteiger partial charge on any atom is 0.0481 e. The fourth-order valence-electron chi connectivity index (χ4n) is 2.24. The molecular weight excluding hydrogens is 196 g/mol. The first-order valence-corrected chi connectivity index (χ1v) is 6.66. The Kier molecular flexibility index (Phi) is 6.24. The molecule has 0 bridgehead atoms. The van der Waals surface area contributed by atoms with E-state index in [4.69, 9.17) is 5.73 Å². The normalized spacial score (nSPS) is 26.7. The van der Waals surface area contributed by atoms with Gasteiger partial charge in [-0.05, 0) is 38.1 Å². The second kappa shape index (κ2) is 7.50. The first-order valence-electron chi connectivity index (χ1n) is 6.66. The highest BCUT2D eigenvalue weighted by atomic mass is 15.1. The van der Waals surface area contributed by atoms with Crippen LogP contribution in [0, 0.1) is 0 Å². The highest BCUT2D eigenvalue weighted by Crippen LogP contribution is 2.22. The fraction of sp³-hybridized carbons (Fsp3) is 0.714. The number of hydrogen-bond donors (Lipinski definition) is 1. The molecule has 0 heterocycles. The van der Waals surface area contributed by atoms with Gasteiger partial charge in [0.25, 0.3) is 0 Å². The van der Waals surface area contributed by atoms with E-state index in [0.717, 1.165) is 12.8 Å². The van der Waals surface area contributed by atoms with Crippen molar-refractivity contribution in [3.05, 3.63) is 24.6 Å². The van der Waals surface area contributed by atoms with Crippen molar-refractivity contribution in [2.24, 2.45) is 5.73 Å². The average molecular weight is 222 g/mol. The third-order valence-electron chi connectivity index (χ3n) is 3.19. The van der Waals surface area contributed by atoms with Crippen LogP contribution in [0.3, 0.4) is 0 Å². The van der Waals surface area contributed by atoms with Crippen LogP contribution in [0.1, 0.15) is 52.4 Å². The highest BCUT2D eigenvalue weighted by Gasteiger charge is 2.24. The number of nitrogens with two attached hydrogens (primary N) is 1. The molecule has 1 fully saturated rings. The number of rotatable bonds is 5. The first-order chi connectivity index (χ1) is 7.79. The van der Waals surface area contributed by atoms with Gasteiger partial charge < -0.3 is 10.6 Å². The summed E-state index contributed by atoms with van der Waals surface area (Å²) in [5.41, 5.74) is 6.21. The molecular formula is C14H26N2. The Bertz CT molecular complexity index is 219. The van der Waals surface area contributed by atoms with E-state index in [0.29, 0.717) is 12.1 Å². The van der Waals surface area contributed by atoms with Gasteiger partial charge in [0.15, 0.2) is 0 Å². The van der Waals surface area contributed by atoms with E-state index in [-0.39, 0.29) is 0 Å². The van der Waals surface area contributed by atoms with E-state index >= 15 is 0 Å². The Morgan fingerprint density at radius 2 is 1.62 bits per heavy atom. The van der Waals surface area contributed by atoms with E-state index in [9.17, 15) is 0 Å². The zero-order chi connectivity index (χ0) is 11.8. The van der Waals surface area contributed by atoms with Crippen molar-refractivity contribution in [2.75, 3.05) is 0 Å². The van der Waals surface area contributed by atoms with Crippen LogP contribution in [0.25, 0.3) is 0 Å².